The van der Waals surface area contributed by atoms with Crippen molar-refractivity contribution in [2.75, 3.05) is 25.1 Å². The van der Waals surface area contributed by atoms with E-state index in [1.807, 2.05) is 6.07 Å². The molecule has 0 aliphatic heterocycles. The maximum atomic E-state index is 11.4. The number of carbonyl (C=O) groups is 1. The minimum absolute atomic E-state index is 0.0592. The lowest BCUT2D eigenvalue weighted by Crippen LogP contribution is -2.08. The molecular weight excluding hydrogens is 194 g/mol. The highest BCUT2D eigenvalue weighted by molar-refractivity contribution is 5.90. The average molecular weight is 209 g/mol. The van der Waals surface area contributed by atoms with E-state index in [9.17, 15) is 4.79 Å². The van der Waals surface area contributed by atoms with Gasteiger partial charge in [0.05, 0.1) is 18.8 Å². The van der Waals surface area contributed by atoms with Gasteiger partial charge in [0.25, 0.3) is 0 Å². The van der Waals surface area contributed by atoms with Gasteiger partial charge in [0.15, 0.2) is 0 Å². The molecular formula is C11H15NO3. The molecule has 1 aromatic carbocycles. The van der Waals surface area contributed by atoms with E-state index in [-0.39, 0.29) is 12.6 Å². The molecule has 2 N–H and O–H groups in total. The number of rotatable bonds is 5. The Balaban J connectivity index is 2.69. The van der Waals surface area contributed by atoms with Crippen molar-refractivity contribution in [3.63, 3.8) is 0 Å². The Hall–Kier alpha value is -1.55. The van der Waals surface area contributed by atoms with Crippen LogP contribution >= 0.6 is 0 Å². The predicted molar refractivity (Wildman–Crippen MR) is 58.0 cm³/mol. The summed E-state index contributed by atoms with van der Waals surface area (Å²) in [5.41, 5.74) is 1.31. The molecule has 4 nitrogen and oxygen atoms in total. The van der Waals surface area contributed by atoms with Gasteiger partial charge in [-0.25, -0.2) is 4.79 Å². The van der Waals surface area contributed by atoms with Crippen molar-refractivity contribution in [1.82, 2.24) is 0 Å². The van der Waals surface area contributed by atoms with Crippen molar-refractivity contribution in [3.8, 4) is 0 Å². The quantitative estimate of drug-likeness (QED) is 0.717. The Labute approximate surface area is 88.9 Å². The van der Waals surface area contributed by atoms with Crippen LogP contribution in [0.5, 0.6) is 0 Å². The van der Waals surface area contributed by atoms with Crippen molar-refractivity contribution in [2.45, 2.75) is 6.92 Å². The highest BCUT2D eigenvalue weighted by Crippen LogP contribution is 2.11. The topological polar surface area (TPSA) is 58.6 Å². The van der Waals surface area contributed by atoms with Crippen molar-refractivity contribution < 1.29 is 14.6 Å². The summed E-state index contributed by atoms with van der Waals surface area (Å²) in [5, 5.41) is 11.6. The summed E-state index contributed by atoms with van der Waals surface area (Å²) >= 11 is 0. The number of ether oxygens (including phenoxy) is 1. The Kier molecular flexibility index (Phi) is 4.63. The smallest absolute Gasteiger partial charge is 0.338 e. The Morgan fingerprint density at radius 1 is 1.53 bits per heavy atom. The van der Waals surface area contributed by atoms with Gasteiger partial charge in [0.1, 0.15) is 0 Å². The Morgan fingerprint density at radius 3 is 3.00 bits per heavy atom. The van der Waals surface area contributed by atoms with Gasteiger partial charge in [-0.1, -0.05) is 6.07 Å². The molecule has 1 aromatic rings. The molecule has 0 saturated carbocycles. The first-order valence-corrected chi connectivity index (χ1v) is 4.90. The van der Waals surface area contributed by atoms with E-state index in [1.54, 1.807) is 25.1 Å². The molecule has 82 valence electrons. The van der Waals surface area contributed by atoms with E-state index >= 15 is 0 Å². The minimum Gasteiger partial charge on any atom is -0.462 e. The molecule has 0 fully saturated rings. The van der Waals surface area contributed by atoms with Crippen molar-refractivity contribution >= 4 is 11.7 Å². The molecule has 0 saturated heterocycles. The molecule has 0 aromatic heterocycles. The first kappa shape index (κ1) is 11.5. The fourth-order valence-corrected chi connectivity index (χ4v) is 1.17. The van der Waals surface area contributed by atoms with Gasteiger partial charge in [-0.3, -0.25) is 0 Å². The van der Waals surface area contributed by atoms with Gasteiger partial charge in [0.2, 0.25) is 0 Å². The first-order chi connectivity index (χ1) is 7.27. The number of aliphatic hydroxyl groups is 1. The van der Waals surface area contributed by atoms with E-state index < -0.39 is 0 Å². The molecule has 0 radical (unpaired) electrons. The van der Waals surface area contributed by atoms with Crippen molar-refractivity contribution in [2.24, 2.45) is 0 Å². The van der Waals surface area contributed by atoms with Crippen LogP contribution in [0.25, 0.3) is 0 Å². The first-order valence-electron chi connectivity index (χ1n) is 4.90. The van der Waals surface area contributed by atoms with Crippen LogP contribution < -0.4 is 5.32 Å². The Bertz CT molecular complexity index is 325. The summed E-state index contributed by atoms with van der Waals surface area (Å²) in [6.45, 7) is 2.66. The second kappa shape index (κ2) is 6.03. The van der Waals surface area contributed by atoms with Gasteiger partial charge in [0, 0.05) is 12.2 Å². The highest BCUT2D eigenvalue weighted by atomic mass is 16.5. The fourth-order valence-electron chi connectivity index (χ4n) is 1.17. The van der Waals surface area contributed by atoms with E-state index in [0.717, 1.165) is 5.69 Å². The second-order valence-corrected chi connectivity index (χ2v) is 2.95. The van der Waals surface area contributed by atoms with Gasteiger partial charge < -0.3 is 15.2 Å². The summed E-state index contributed by atoms with van der Waals surface area (Å²) in [7, 11) is 0. The van der Waals surface area contributed by atoms with Crippen LogP contribution in [0.1, 0.15) is 17.3 Å². The van der Waals surface area contributed by atoms with Crippen LogP contribution in [-0.4, -0.2) is 30.8 Å². The molecule has 15 heavy (non-hydrogen) atoms. The third-order valence-corrected chi connectivity index (χ3v) is 1.81. The summed E-state index contributed by atoms with van der Waals surface area (Å²) in [4.78, 5) is 11.4. The predicted octanol–water partition coefficient (Wildman–Crippen LogP) is 1.27. The molecule has 0 aliphatic carbocycles. The molecule has 4 heteroatoms. The van der Waals surface area contributed by atoms with Crippen molar-refractivity contribution in [3.05, 3.63) is 29.8 Å². The molecule has 0 heterocycles. The van der Waals surface area contributed by atoms with Crippen LogP contribution in [0, 0.1) is 0 Å². The van der Waals surface area contributed by atoms with E-state index in [1.165, 1.54) is 0 Å². The third-order valence-electron chi connectivity index (χ3n) is 1.81. The van der Waals surface area contributed by atoms with E-state index in [2.05, 4.69) is 5.32 Å². The number of hydrogen-bond acceptors (Lipinski definition) is 4. The van der Waals surface area contributed by atoms with Crippen LogP contribution in [0.15, 0.2) is 24.3 Å². The number of aliphatic hydroxyl groups excluding tert-OH is 1. The van der Waals surface area contributed by atoms with Gasteiger partial charge in [-0.15, -0.1) is 0 Å². The molecule has 0 amide bonds. The fraction of sp³-hybridized carbons (Fsp3) is 0.364. The summed E-state index contributed by atoms with van der Waals surface area (Å²) in [6.07, 6.45) is 0. The summed E-state index contributed by atoms with van der Waals surface area (Å²) in [6, 6.07) is 7.00. The number of benzene rings is 1. The van der Waals surface area contributed by atoms with Gasteiger partial charge >= 0.3 is 5.97 Å². The number of hydrogen-bond donors (Lipinski definition) is 2. The highest BCUT2D eigenvalue weighted by Gasteiger charge is 2.05. The van der Waals surface area contributed by atoms with Crippen molar-refractivity contribution in [1.29, 1.82) is 0 Å². The molecule has 0 bridgehead atoms. The van der Waals surface area contributed by atoms with E-state index in [0.29, 0.717) is 18.7 Å². The van der Waals surface area contributed by atoms with Crippen LogP contribution in [0.3, 0.4) is 0 Å². The number of carbonyl (C=O) groups excluding carboxylic acids is 1. The maximum Gasteiger partial charge on any atom is 0.338 e. The monoisotopic (exact) mass is 209 g/mol. The normalized spacial score (nSPS) is 9.73. The van der Waals surface area contributed by atoms with Gasteiger partial charge in [-0.2, -0.15) is 0 Å². The lowest BCUT2D eigenvalue weighted by atomic mass is 10.2. The number of nitrogens with one attached hydrogen (secondary N) is 1. The second-order valence-electron chi connectivity index (χ2n) is 2.95. The molecule has 0 aliphatic rings. The zero-order valence-electron chi connectivity index (χ0n) is 8.69. The molecule has 0 spiro atoms. The van der Waals surface area contributed by atoms with Gasteiger partial charge in [-0.05, 0) is 25.1 Å². The largest absolute Gasteiger partial charge is 0.462 e. The molecule has 1 rings (SSSR count). The van der Waals surface area contributed by atoms with E-state index in [4.69, 9.17) is 9.84 Å². The van der Waals surface area contributed by atoms with Crippen LogP contribution in [0.4, 0.5) is 5.69 Å². The number of anilines is 1. The summed E-state index contributed by atoms with van der Waals surface area (Å²) < 4.78 is 4.87. The number of esters is 1. The zero-order valence-corrected chi connectivity index (χ0v) is 8.69. The van der Waals surface area contributed by atoms with Crippen LogP contribution in [0.2, 0.25) is 0 Å². The van der Waals surface area contributed by atoms with Crippen LogP contribution in [-0.2, 0) is 4.74 Å². The Morgan fingerprint density at radius 2 is 2.33 bits per heavy atom. The average Bonchev–Trinajstić information content (AvgIpc) is 2.27. The standard InChI is InChI=1S/C11H15NO3/c1-2-15-11(14)9-4-3-5-10(8-9)12-6-7-13/h3-5,8,12-13H,2,6-7H2,1H3. The summed E-state index contributed by atoms with van der Waals surface area (Å²) in [5.74, 6) is -0.329. The minimum atomic E-state index is -0.329. The molecule has 0 atom stereocenters. The lowest BCUT2D eigenvalue weighted by Gasteiger charge is -2.06. The third kappa shape index (κ3) is 3.59. The maximum absolute atomic E-state index is 11.4. The zero-order chi connectivity index (χ0) is 11.1. The SMILES string of the molecule is CCOC(=O)c1cccc(NCCO)c1. The lowest BCUT2D eigenvalue weighted by molar-refractivity contribution is 0.0526. The molecule has 0 unspecified atom stereocenters.